The maximum atomic E-state index is 14.9. The van der Waals surface area contributed by atoms with Crippen LogP contribution in [0.3, 0.4) is 0 Å². The SMILES string of the molecule is CCOc1cnc(/C(C#N)=C\N)c(-c2ccc(N3CCC(CN4CCN(C(=O)Cc5ccc6c(c5)C(=O)N(C(C=O)CCC(=O)NC)C6)CC4)(NC(=O)c4cc(F)ccc4F)CC3)nc2)c1. The molecule has 0 spiro atoms. The topological polar surface area (TPSA) is 207 Å². The standard InChI is InChI=1S/C48H52F2N10O6/c1-3-66-37-23-38(45(55-27-37)34(24-51)25-52)32-6-10-42(54-26-32)58-14-12-48(13-15-58,56-46(64)40-22-35(49)7-9-41(40)50)30-57-16-18-59(19-17-57)44(63)21-31-4-5-33-28-60(47(65)39(33)20-31)36(29-61)8-11-43(62)53-2/h4-7,9-10,20,22-24,26-27,29,36H,3,8,11-19,21,28,30,51H2,1-2H3,(H,53,62)(H,56,64)/b34-24-. The van der Waals surface area contributed by atoms with Crippen molar-refractivity contribution in [3.8, 4) is 22.9 Å². The Balaban J connectivity index is 1.00. The van der Waals surface area contributed by atoms with Crippen LogP contribution >= 0.6 is 0 Å². The van der Waals surface area contributed by atoms with Crippen molar-refractivity contribution in [2.45, 2.75) is 57.2 Å². The molecule has 344 valence electrons. The fraction of sp³-hybridized carbons (Fsp3) is 0.375. The summed E-state index contributed by atoms with van der Waals surface area (Å²) in [5.41, 5.74) is 8.29. The molecule has 0 aliphatic carbocycles. The first-order valence-corrected chi connectivity index (χ1v) is 21.9. The largest absolute Gasteiger partial charge is 0.492 e. The van der Waals surface area contributed by atoms with Gasteiger partial charge in [0.1, 0.15) is 35.6 Å². The summed E-state index contributed by atoms with van der Waals surface area (Å²) in [6, 6.07) is 15.0. The van der Waals surface area contributed by atoms with Crippen molar-refractivity contribution >= 4 is 41.3 Å². The van der Waals surface area contributed by atoms with E-state index in [1.807, 2.05) is 25.1 Å². The molecule has 4 amide bonds. The average Bonchev–Trinajstić information content (AvgIpc) is 3.65. The van der Waals surface area contributed by atoms with E-state index in [1.54, 1.807) is 29.3 Å². The molecule has 1 atom stereocenters. The normalized spacial score (nSPS) is 16.6. The Morgan fingerprint density at radius 2 is 1.76 bits per heavy atom. The van der Waals surface area contributed by atoms with Gasteiger partial charge in [-0.1, -0.05) is 12.1 Å². The van der Waals surface area contributed by atoms with Crippen molar-refractivity contribution in [3.05, 3.63) is 113 Å². The third-order valence-electron chi connectivity index (χ3n) is 12.5. The third kappa shape index (κ3) is 10.5. The molecule has 3 aliphatic rings. The molecule has 16 nitrogen and oxygen atoms in total. The number of anilines is 1. The molecular formula is C48H52F2N10O6. The monoisotopic (exact) mass is 902 g/mol. The fourth-order valence-electron chi connectivity index (χ4n) is 8.81. The number of nitrogens with zero attached hydrogens (tertiary/aromatic N) is 7. The minimum Gasteiger partial charge on any atom is -0.492 e. The quantitative estimate of drug-likeness (QED) is 0.108. The number of carbonyl (C=O) groups is 5. The van der Waals surface area contributed by atoms with E-state index < -0.39 is 29.1 Å². The third-order valence-corrected chi connectivity index (χ3v) is 12.5. The highest BCUT2D eigenvalue weighted by Gasteiger charge is 2.40. The summed E-state index contributed by atoms with van der Waals surface area (Å²) in [5, 5.41) is 15.3. The molecule has 66 heavy (non-hydrogen) atoms. The second kappa shape index (κ2) is 20.7. The zero-order chi connectivity index (χ0) is 47.0. The van der Waals surface area contributed by atoms with Gasteiger partial charge in [-0.15, -0.1) is 0 Å². The molecule has 5 heterocycles. The number of nitrogens with two attached hydrogens (primary N) is 1. The van der Waals surface area contributed by atoms with Crippen molar-refractivity contribution in [2.24, 2.45) is 5.73 Å². The lowest BCUT2D eigenvalue weighted by Gasteiger charge is -2.46. The van der Waals surface area contributed by atoms with E-state index >= 15 is 0 Å². The lowest BCUT2D eigenvalue weighted by atomic mass is 9.86. The maximum Gasteiger partial charge on any atom is 0.255 e. The zero-order valence-electron chi connectivity index (χ0n) is 36.9. The summed E-state index contributed by atoms with van der Waals surface area (Å²) in [5.74, 6) is -1.72. The molecule has 2 saturated heterocycles. The summed E-state index contributed by atoms with van der Waals surface area (Å²) >= 11 is 0. The first-order valence-electron chi connectivity index (χ1n) is 21.9. The van der Waals surface area contributed by atoms with Crippen molar-refractivity contribution in [2.75, 3.05) is 64.4 Å². The number of fused-ring (bicyclic) bond motifs is 1. The molecule has 4 aromatic rings. The Bertz CT molecular complexity index is 2550. The molecule has 0 saturated carbocycles. The van der Waals surface area contributed by atoms with Crippen LogP contribution in [0, 0.1) is 23.0 Å². The number of nitrogens with one attached hydrogen (secondary N) is 2. The van der Waals surface area contributed by atoms with Gasteiger partial charge in [-0.05, 0) is 79.8 Å². The van der Waals surface area contributed by atoms with Crippen LogP contribution in [-0.4, -0.2) is 126 Å². The smallest absolute Gasteiger partial charge is 0.255 e. The van der Waals surface area contributed by atoms with E-state index in [-0.39, 0.29) is 54.7 Å². The Kier molecular flexibility index (Phi) is 14.7. The predicted octanol–water partition coefficient (Wildman–Crippen LogP) is 3.85. The van der Waals surface area contributed by atoms with E-state index in [4.69, 9.17) is 15.5 Å². The van der Waals surface area contributed by atoms with E-state index in [0.717, 1.165) is 23.8 Å². The molecular weight excluding hydrogens is 851 g/mol. The van der Waals surface area contributed by atoms with Gasteiger partial charge in [-0.25, -0.2) is 13.8 Å². The lowest BCUT2D eigenvalue weighted by Crippen LogP contribution is -2.62. The molecule has 0 bridgehead atoms. The Labute approximate surface area is 381 Å². The highest BCUT2D eigenvalue weighted by atomic mass is 19.1. The molecule has 1 unspecified atom stereocenters. The number of rotatable bonds is 16. The number of benzene rings is 2. The second-order valence-corrected chi connectivity index (χ2v) is 16.6. The van der Waals surface area contributed by atoms with Gasteiger partial charge in [-0.2, -0.15) is 5.26 Å². The number of pyridine rings is 2. The summed E-state index contributed by atoms with van der Waals surface area (Å²) in [4.78, 5) is 81.0. The number of piperazine rings is 1. The number of amides is 4. The first-order chi connectivity index (χ1) is 31.9. The number of aldehydes is 1. The van der Waals surface area contributed by atoms with Crippen molar-refractivity contribution in [3.63, 3.8) is 0 Å². The van der Waals surface area contributed by atoms with Crippen LogP contribution < -0.4 is 26.0 Å². The average molecular weight is 903 g/mol. The van der Waals surface area contributed by atoms with Crippen LogP contribution in [0.4, 0.5) is 14.6 Å². The number of carbonyl (C=O) groups excluding carboxylic acids is 5. The van der Waals surface area contributed by atoms with E-state index in [2.05, 4.69) is 31.5 Å². The van der Waals surface area contributed by atoms with Gasteiger partial charge < -0.3 is 40.6 Å². The highest BCUT2D eigenvalue weighted by Crippen LogP contribution is 2.33. The molecule has 7 rings (SSSR count). The van der Waals surface area contributed by atoms with Gasteiger partial charge in [-0.3, -0.25) is 29.1 Å². The van der Waals surface area contributed by atoms with Gasteiger partial charge in [0, 0.05) is 94.9 Å². The minimum absolute atomic E-state index is 0.0712. The molecule has 18 heteroatoms. The molecule has 3 aliphatic heterocycles. The van der Waals surface area contributed by atoms with E-state index in [1.165, 1.54) is 24.3 Å². The van der Waals surface area contributed by atoms with Gasteiger partial charge in [0.05, 0.1) is 47.6 Å². The highest BCUT2D eigenvalue weighted by molar-refractivity contribution is 6.00. The number of allylic oxidation sites excluding steroid dienone is 1. The number of ether oxygens (including phenoxy) is 1. The summed E-state index contributed by atoms with van der Waals surface area (Å²) in [7, 11) is 1.51. The van der Waals surface area contributed by atoms with Gasteiger partial charge >= 0.3 is 0 Å². The number of hydrogen-bond acceptors (Lipinski definition) is 12. The van der Waals surface area contributed by atoms with Crippen molar-refractivity contribution < 1.29 is 37.5 Å². The zero-order valence-corrected chi connectivity index (χ0v) is 36.9. The summed E-state index contributed by atoms with van der Waals surface area (Å²) < 4.78 is 34.8. The van der Waals surface area contributed by atoms with Crippen LogP contribution in [0.5, 0.6) is 5.75 Å². The maximum absolute atomic E-state index is 14.9. The second-order valence-electron chi connectivity index (χ2n) is 16.6. The molecule has 2 aromatic carbocycles. The molecule has 4 N–H and O–H groups in total. The number of halogens is 2. The number of aromatic nitrogens is 2. The number of piperidine rings is 1. The Morgan fingerprint density at radius 3 is 2.42 bits per heavy atom. The van der Waals surface area contributed by atoms with Gasteiger partial charge in [0.15, 0.2) is 0 Å². The molecule has 2 aromatic heterocycles. The Hall–Kier alpha value is -7.26. The summed E-state index contributed by atoms with van der Waals surface area (Å²) in [6.07, 6.45) is 6.41. The van der Waals surface area contributed by atoms with Crippen molar-refractivity contribution in [1.82, 2.24) is 35.3 Å². The molecule has 0 radical (unpaired) electrons. The first kappa shape index (κ1) is 46.7. The lowest BCUT2D eigenvalue weighted by molar-refractivity contribution is -0.132. The van der Waals surface area contributed by atoms with Crippen LogP contribution in [-0.2, 0) is 27.3 Å². The van der Waals surface area contributed by atoms with Crippen LogP contribution in [0.25, 0.3) is 16.7 Å². The Morgan fingerprint density at radius 1 is 0.985 bits per heavy atom. The van der Waals surface area contributed by atoms with Crippen LogP contribution in [0.2, 0.25) is 0 Å². The predicted molar refractivity (Wildman–Crippen MR) is 241 cm³/mol. The van der Waals surface area contributed by atoms with Crippen LogP contribution in [0.1, 0.15) is 70.1 Å². The minimum atomic E-state index is -0.836. The summed E-state index contributed by atoms with van der Waals surface area (Å²) in [6.45, 7) is 5.70. The van der Waals surface area contributed by atoms with Crippen LogP contribution in [0.15, 0.2) is 73.2 Å². The van der Waals surface area contributed by atoms with Gasteiger partial charge in [0.2, 0.25) is 11.8 Å². The molecule has 2 fully saturated rings. The van der Waals surface area contributed by atoms with E-state index in [9.17, 15) is 38.0 Å². The fourth-order valence-corrected chi connectivity index (χ4v) is 8.81. The number of nitriles is 1. The van der Waals surface area contributed by atoms with E-state index in [0.29, 0.717) is 111 Å². The van der Waals surface area contributed by atoms with Gasteiger partial charge in [0.25, 0.3) is 11.8 Å². The van der Waals surface area contributed by atoms with Crippen molar-refractivity contribution in [1.29, 1.82) is 5.26 Å². The number of hydrogen-bond donors (Lipinski definition) is 3.